The minimum absolute atomic E-state index is 0.0763. The lowest BCUT2D eigenvalue weighted by Crippen LogP contribution is -2.67. The highest BCUT2D eigenvalue weighted by atomic mass is 32.1. The number of hydrogen-bond acceptors (Lipinski definition) is 5. The highest BCUT2D eigenvalue weighted by Crippen LogP contribution is 2.44. The average Bonchev–Trinajstić information content (AvgIpc) is 3.11. The zero-order chi connectivity index (χ0) is 19.4. The Balaban J connectivity index is 1.88. The van der Waals surface area contributed by atoms with Crippen LogP contribution in [-0.2, 0) is 6.42 Å². The highest BCUT2D eigenvalue weighted by Gasteiger charge is 2.49. The zero-order valence-electron chi connectivity index (χ0n) is 16.7. The van der Waals surface area contributed by atoms with Crippen LogP contribution in [0.1, 0.15) is 50.4 Å². The smallest absolute Gasteiger partial charge is 0.186 e. The molecule has 0 radical (unpaired) electrons. The first-order valence-electron chi connectivity index (χ1n) is 9.88. The third kappa shape index (κ3) is 4.26. The first-order chi connectivity index (χ1) is 13.1. The van der Waals surface area contributed by atoms with Crippen LogP contribution in [0.2, 0.25) is 0 Å². The number of nitrogens with zero attached hydrogens (tertiary/aromatic N) is 2. The number of hydrogen-bond donors (Lipinski definition) is 2. The third-order valence-electron chi connectivity index (χ3n) is 5.27. The summed E-state index contributed by atoms with van der Waals surface area (Å²) < 4.78 is 0. The van der Waals surface area contributed by atoms with Gasteiger partial charge >= 0.3 is 0 Å². The van der Waals surface area contributed by atoms with E-state index < -0.39 is 0 Å². The van der Waals surface area contributed by atoms with Crippen molar-refractivity contribution in [1.29, 1.82) is 0 Å². The van der Waals surface area contributed by atoms with Crippen LogP contribution in [0.3, 0.4) is 0 Å². The van der Waals surface area contributed by atoms with Crippen LogP contribution in [0.4, 0.5) is 5.13 Å². The molecular formula is C22H31N3OS. The van der Waals surface area contributed by atoms with Gasteiger partial charge in [-0.15, -0.1) is 11.3 Å². The molecule has 1 aromatic carbocycles. The van der Waals surface area contributed by atoms with Crippen molar-refractivity contribution < 1.29 is 5.11 Å². The van der Waals surface area contributed by atoms with Gasteiger partial charge in [-0.2, -0.15) is 0 Å². The van der Waals surface area contributed by atoms with E-state index in [0.717, 1.165) is 23.8 Å². The molecule has 1 saturated heterocycles. The summed E-state index contributed by atoms with van der Waals surface area (Å²) in [6, 6.07) is 9.56. The molecule has 2 aromatic rings. The van der Waals surface area contributed by atoms with E-state index >= 15 is 0 Å². The number of aliphatic hydroxyl groups excluding tert-OH is 1. The molecule has 3 rings (SSSR count). The summed E-state index contributed by atoms with van der Waals surface area (Å²) in [5, 5.41) is 16.9. The van der Waals surface area contributed by atoms with Gasteiger partial charge in [-0.25, -0.2) is 4.98 Å². The Kier molecular flexibility index (Phi) is 6.68. The Bertz CT molecular complexity index is 753. The monoisotopic (exact) mass is 385 g/mol. The van der Waals surface area contributed by atoms with Gasteiger partial charge < -0.3 is 15.3 Å². The van der Waals surface area contributed by atoms with E-state index in [0.29, 0.717) is 18.0 Å². The van der Waals surface area contributed by atoms with Crippen LogP contribution < -0.4 is 10.2 Å². The number of rotatable bonds is 8. The fourth-order valence-corrected chi connectivity index (χ4v) is 4.88. The maximum absolute atomic E-state index is 10.2. The summed E-state index contributed by atoms with van der Waals surface area (Å²) >= 11 is 1.69. The largest absolute Gasteiger partial charge is 0.394 e. The SMILES string of the molecule is C/C=C/c1ccc([C@H]2[C@@H](CO)N(c3nc(CC)cs3)[C@H]2CNC(C)C)cc1. The number of aryl methyl sites for hydroxylation is 1. The third-order valence-corrected chi connectivity index (χ3v) is 6.17. The maximum atomic E-state index is 10.2. The summed E-state index contributed by atoms with van der Waals surface area (Å²) in [4.78, 5) is 7.11. The van der Waals surface area contributed by atoms with Gasteiger partial charge in [0.2, 0.25) is 0 Å². The van der Waals surface area contributed by atoms with Gasteiger partial charge in [-0.05, 0) is 24.5 Å². The zero-order valence-corrected chi connectivity index (χ0v) is 17.5. The van der Waals surface area contributed by atoms with Crippen molar-refractivity contribution in [3.05, 3.63) is 52.5 Å². The van der Waals surface area contributed by atoms with Gasteiger partial charge in [0.15, 0.2) is 5.13 Å². The Morgan fingerprint density at radius 3 is 2.56 bits per heavy atom. The minimum atomic E-state index is 0.0763. The summed E-state index contributed by atoms with van der Waals surface area (Å²) in [6.07, 6.45) is 5.11. The molecule has 146 valence electrons. The molecule has 0 saturated carbocycles. The quantitative estimate of drug-likeness (QED) is 0.719. The molecule has 27 heavy (non-hydrogen) atoms. The van der Waals surface area contributed by atoms with Crippen molar-refractivity contribution >= 4 is 22.5 Å². The number of aliphatic hydroxyl groups is 1. The molecule has 0 spiro atoms. The van der Waals surface area contributed by atoms with Crippen molar-refractivity contribution in [3.8, 4) is 0 Å². The lowest BCUT2D eigenvalue weighted by Gasteiger charge is -2.55. The molecule has 0 aliphatic carbocycles. The summed E-state index contributed by atoms with van der Waals surface area (Å²) in [6.45, 7) is 9.53. The molecule has 1 aliphatic heterocycles. The minimum Gasteiger partial charge on any atom is -0.394 e. The average molecular weight is 386 g/mol. The molecule has 1 fully saturated rings. The fourth-order valence-electron chi connectivity index (χ4n) is 3.86. The second kappa shape index (κ2) is 9.00. The predicted octanol–water partition coefficient (Wildman–Crippen LogP) is 4.07. The van der Waals surface area contributed by atoms with Gasteiger partial charge in [-0.3, -0.25) is 0 Å². The van der Waals surface area contributed by atoms with Crippen LogP contribution in [0, 0.1) is 0 Å². The second-order valence-corrected chi connectivity index (χ2v) is 8.29. The fraction of sp³-hybridized carbons (Fsp3) is 0.500. The Hall–Kier alpha value is -1.69. The normalized spacial score (nSPS) is 22.6. The lowest BCUT2D eigenvalue weighted by molar-refractivity contribution is 0.166. The van der Waals surface area contributed by atoms with Crippen molar-refractivity contribution in [2.45, 2.75) is 58.2 Å². The summed E-state index contributed by atoms with van der Waals surface area (Å²) in [5.41, 5.74) is 3.63. The van der Waals surface area contributed by atoms with Crippen LogP contribution in [-0.4, -0.2) is 41.4 Å². The van der Waals surface area contributed by atoms with Crippen molar-refractivity contribution in [3.63, 3.8) is 0 Å². The van der Waals surface area contributed by atoms with Crippen LogP contribution in [0.15, 0.2) is 35.7 Å². The summed E-state index contributed by atoms with van der Waals surface area (Å²) in [7, 11) is 0. The number of thiazole rings is 1. The first kappa shape index (κ1) is 20.1. The standard InChI is InChI=1S/C22H31N3OS/c1-5-7-16-8-10-17(11-9-16)21-19(12-23-15(3)4)25(20(21)13-26)22-24-18(6-2)14-27-22/h5,7-11,14-15,19-21,23,26H,6,12-13H2,1-4H3/b7-5+/t19-,20+,21+/m0/s1. The first-order valence-corrected chi connectivity index (χ1v) is 10.8. The maximum Gasteiger partial charge on any atom is 0.186 e. The van der Waals surface area contributed by atoms with E-state index in [1.165, 1.54) is 11.1 Å². The molecule has 0 amide bonds. The van der Waals surface area contributed by atoms with Crippen molar-refractivity contribution in [2.75, 3.05) is 18.1 Å². The molecule has 0 bridgehead atoms. The molecule has 5 heteroatoms. The predicted molar refractivity (Wildman–Crippen MR) is 116 cm³/mol. The molecular weight excluding hydrogens is 354 g/mol. The highest BCUT2D eigenvalue weighted by molar-refractivity contribution is 7.13. The molecule has 1 aliphatic rings. The molecule has 0 unspecified atom stereocenters. The van der Waals surface area contributed by atoms with E-state index in [4.69, 9.17) is 4.98 Å². The Labute approximate surface area is 167 Å². The number of allylic oxidation sites excluding steroid dienone is 1. The molecule has 2 N–H and O–H groups in total. The van der Waals surface area contributed by atoms with Gasteiger partial charge in [0.25, 0.3) is 0 Å². The van der Waals surface area contributed by atoms with Crippen LogP contribution in [0.25, 0.3) is 6.08 Å². The van der Waals surface area contributed by atoms with Crippen molar-refractivity contribution in [2.24, 2.45) is 0 Å². The van der Waals surface area contributed by atoms with E-state index in [1.54, 1.807) is 11.3 Å². The molecule has 2 heterocycles. The molecule has 3 atom stereocenters. The van der Waals surface area contributed by atoms with Gasteiger partial charge in [0.05, 0.1) is 24.4 Å². The lowest BCUT2D eigenvalue weighted by atomic mass is 9.75. The topological polar surface area (TPSA) is 48.4 Å². The number of nitrogens with one attached hydrogen (secondary N) is 1. The van der Waals surface area contributed by atoms with Gasteiger partial charge in [0.1, 0.15) is 0 Å². The Morgan fingerprint density at radius 1 is 1.26 bits per heavy atom. The number of aromatic nitrogens is 1. The van der Waals surface area contributed by atoms with Crippen LogP contribution in [0.5, 0.6) is 0 Å². The summed E-state index contributed by atoms with van der Waals surface area (Å²) in [5.74, 6) is 0.301. The van der Waals surface area contributed by atoms with Gasteiger partial charge in [0, 0.05) is 23.9 Å². The van der Waals surface area contributed by atoms with Crippen LogP contribution >= 0.6 is 11.3 Å². The van der Waals surface area contributed by atoms with E-state index in [1.807, 2.05) is 6.92 Å². The van der Waals surface area contributed by atoms with E-state index in [2.05, 4.69) is 72.8 Å². The second-order valence-electron chi connectivity index (χ2n) is 7.45. The van der Waals surface area contributed by atoms with Crippen molar-refractivity contribution in [1.82, 2.24) is 10.3 Å². The number of anilines is 1. The van der Waals surface area contributed by atoms with E-state index in [-0.39, 0.29) is 12.6 Å². The molecule has 4 nitrogen and oxygen atoms in total. The molecule has 1 aromatic heterocycles. The number of benzene rings is 1. The van der Waals surface area contributed by atoms with E-state index in [9.17, 15) is 5.11 Å². The van der Waals surface area contributed by atoms with Gasteiger partial charge in [-0.1, -0.05) is 57.2 Å². The Morgan fingerprint density at radius 2 is 2.00 bits per heavy atom.